The van der Waals surface area contributed by atoms with Gasteiger partial charge >= 0.3 is 0 Å². The van der Waals surface area contributed by atoms with Crippen LogP contribution in [0.4, 0.5) is 0 Å². The average molecular weight is 732 g/mol. The smallest absolute Gasteiger partial charge is 0.160 e. The second-order valence-electron chi connectivity index (χ2n) is 14.4. The minimum Gasteiger partial charge on any atom is -0.264 e. The van der Waals surface area contributed by atoms with Crippen molar-refractivity contribution in [1.29, 1.82) is 0 Å². The van der Waals surface area contributed by atoms with E-state index in [1.807, 2.05) is 23.6 Å². The van der Waals surface area contributed by atoms with E-state index in [-0.39, 0.29) is 0 Å². The van der Waals surface area contributed by atoms with Crippen molar-refractivity contribution in [2.45, 2.75) is 5.41 Å². The lowest BCUT2D eigenvalue weighted by Crippen LogP contribution is -2.28. The number of nitrogens with zero attached hydrogens (tertiary/aromatic N) is 3. The molecule has 1 aliphatic rings. The van der Waals surface area contributed by atoms with Crippen LogP contribution in [0, 0.1) is 0 Å². The highest BCUT2D eigenvalue weighted by Crippen LogP contribution is 2.56. The molecule has 0 spiro atoms. The van der Waals surface area contributed by atoms with Crippen LogP contribution >= 0.6 is 11.3 Å². The van der Waals surface area contributed by atoms with Crippen LogP contribution in [0.5, 0.6) is 0 Å². The van der Waals surface area contributed by atoms with Gasteiger partial charge in [0.2, 0.25) is 0 Å². The highest BCUT2D eigenvalue weighted by atomic mass is 32.1. The van der Waals surface area contributed by atoms with Gasteiger partial charge in [0, 0.05) is 49.3 Å². The van der Waals surface area contributed by atoms with Crippen molar-refractivity contribution in [2.75, 3.05) is 0 Å². The second kappa shape index (κ2) is 13.1. The molecule has 0 saturated heterocycles. The van der Waals surface area contributed by atoms with Crippen LogP contribution < -0.4 is 0 Å². The lowest BCUT2D eigenvalue weighted by Gasteiger charge is -2.34. The summed E-state index contributed by atoms with van der Waals surface area (Å²) in [7, 11) is 0. The molecule has 56 heavy (non-hydrogen) atoms. The fourth-order valence-electron chi connectivity index (χ4n) is 8.71. The molecule has 0 saturated carbocycles. The SMILES string of the molecule is c1ccc(C2(c3ccccc3)c3ccccc3-c3ccc(-c4cc(-c5ccc6sc7ccccc7c6c5)nc(-c5ccc(-c6cccnc6)cc5)n4)cc32)cc1. The Morgan fingerprint density at radius 2 is 1.00 bits per heavy atom. The summed E-state index contributed by atoms with van der Waals surface area (Å²) in [5, 5.41) is 2.52. The molecule has 0 fully saturated rings. The molecule has 7 aromatic carbocycles. The zero-order valence-electron chi connectivity index (χ0n) is 30.3. The lowest BCUT2D eigenvalue weighted by molar-refractivity contribution is 0.768. The van der Waals surface area contributed by atoms with Gasteiger partial charge in [-0.3, -0.25) is 4.98 Å². The molecule has 0 amide bonds. The van der Waals surface area contributed by atoms with Crippen LogP contribution in [-0.4, -0.2) is 15.0 Å². The highest BCUT2D eigenvalue weighted by Gasteiger charge is 2.46. The molecule has 4 heteroatoms. The van der Waals surface area contributed by atoms with Crippen molar-refractivity contribution in [2.24, 2.45) is 0 Å². The number of hydrogen-bond donors (Lipinski definition) is 0. The molecule has 3 nitrogen and oxygen atoms in total. The summed E-state index contributed by atoms with van der Waals surface area (Å²) in [4.78, 5) is 15.0. The fraction of sp³-hybridized carbons (Fsp3) is 0.0192. The number of fused-ring (bicyclic) bond motifs is 6. The van der Waals surface area contributed by atoms with E-state index in [2.05, 4.69) is 187 Å². The Hall–Kier alpha value is -7.01. The minimum atomic E-state index is -0.504. The first kappa shape index (κ1) is 32.4. The molecule has 0 bridgehead atoms. The van der Waals surface area contributed by atoms with Crippen molar-refractivity contribution in [3.05, 3.63) is 223 Å². The molecular formula is C52H33N3S. The molecule has 0 N–H and O–H groups in total. The van der Waals surface area contributed by atoms with Crippen molar-refractivity contribution in [3.63, 3.8) is 0 Å². The third-order valence-electron chi connectivity index (χ3n) is 11.3. The second-order valence-corrected chi connectivity index (χ2v) is 15.5. The van der Waals surface area contributed by atoms with E-state index in [9.17, 15) is 0 Å². The maximum absolute atomic E-state index is 5.35. The summed E-state index contributed by atoms with van der Waals surface area (Å²) in [6, 6.07) is 67.8. The topological polar surface area (TPSA) is 38.7 Å². The molecule has 1 aliphatic carbocycles. The van der Waals surface area contributed by atoms with E-state index in [1.165, 1.54) is 53.6 Å². The van der Waals surface area contributed by atoms with E-state index >= 15 is 0 Å². The monoisotopic (exact) mass is 731 g/mol. The van der Waals surface area contributed by atoms with E-state index in [1.54, 1.807) is 6.20 Å². The van der Waals surface area contributed by atoms with Crippen LogP contribution in [0.1, 0.15) is 22.3 Å². The average Bonchev–Trinajstić information content (AvgIpc) is 3.80. The summed E-state index contributed by atoms with van der Waals surface area (Å²) >= 11 is 1.83. The first-order chi connectivity index (χ1) is 27.7. The minimum absolute atomic E-state index is 0.504. The van der Waals surface area contributed by atoms with Gasteiger partial charge in [-0.05, 0) is 80.9 Å². The van der Waals surface area contributed by atoms with Crippen LogP contribution in [0.2, 0.25) is 0 Å². The van der Waals surface area contributed by atoms with E-state index in [0.717, 1.165) is 39.2 Å². The normalized spacial score (nSPS) is 12.8. The number of pyridine rings is 1. The Balaban J connectivity index is 1.13. The summed E-state index contributed by atoms with van der Waals surface area (Å²) in [5.41, 5.74) is 14.0. The Kier molecular flexibility index (Phi) is 7.58. The number of thiophene rings is 1. The van der Waals surface area contributed by atoms with Gasteiger partial charge in [-0.25, -0.2) is 9.97 Å². The third-order valence-corrected chi connectivity index (χ3v) is 12.4. The fourth-order valence-corrected chi connectivity index (χ4v) is 9.79. The zero-order chi connectivity index (χ0) is 37.1. The predicted molar refractivity (Wildman–Crippen MR) is 232 cm³/mol. The molecule has 0 unspecified atom stereocenters. The van der Waals surface area contributed by atoms with Crippen LogP contribution in [0.15, 0.2) is 200 Å². The Labute approximate surface area is 329 Å². The largest absolute Gasteiger partial charge is 0.264 e. The van der Waals surface area contributed by atoms with E-state index in [4.69, 9.17) is 9.97 Å². The summed E-state index contributed by atoms with van der Waals surface area (Å²) in [5.74, 6) is 0.687. The Bertz CT molecular complexity index is 3020. The number of hydrogen-bond acceptors (Lipinski definition) is 4. The van der Waals surface area contributed by atoms with Gasteiger partial charge in [-0.2, -0.15) is 0 Å². The first-order valence-corrected chi connectivity index (χ1v) is 19.7. The van der Waals surface area contributed by atoms with Crippen molar-refractivity contribution < 1.29 is 0 Å². The third kappa shape index (κ3) is 5.14. The number of aromatic nitrogens is 3. The molecule has 262 valence electrons. The zero-order valence-corrected chi connectivity index (χ0v) is 31.1. The molecule has 3 aromatic heterocycles. The summed E-state index contributed by atoms with van der Waals surface area (Å²) in [6.07, 6.45) is 3.70. The first-order valence-electron chi connectivity index (χ1n) is 18.9. The van der Waals surface area contributed by atoms with Gasteiger partial charge in [0.1, 0.15) is 0 Å². The molecule has 3 heterocycles. The summed E-state index contributed by atoms with van der Waals surface area (Å²) < 4.78 is 2.56. The lowest BCUT2D eigenvalue weighted by atomic mass is 9.67. The van der Waals surface area contributed by atoms with Gasteiger partial charge in [0.15, 0.2) is 5.82 Å². The molecule has 0 atom stereocenters. The Morgan fingerprint density at radius 3 is 1.75 bits per heavy atom. The molecule has 11 rings (SSSR count). The number of benzene rings is 7. The predicted octanol–water partition coefficient (Wildman–Crippen LogP) is 13.3. The quantitative estimate of drug-likeness (QED) is 0.171. The maximum Gasteiger partial charge on any atom is 0.160 e. The van der Waals surface area contributed by atoms with Crippen molar-refractivity contribution in [3.8, 4) is 56.2 Å². The summed E-state index contributed by atoms with van der Waals surface area (Å²) in [6.45, 7) is 0. The number of rotatable bonds is 6. The molecule has 10 aromatic rings. The Morgan fingerprint density at radius 1 is 0.393 bits per heavy atom. The molecular weight excluding hydrogens is 699 g/mol. The van der Waals surface area contributed by atoms with Gasteiger partial charge < -0.3 is 0 Å². The van der Waals surface area contributed by atoms with Crippen LogP contribution in [0.25, 0.3) is 76.3 Å². The molecule has 0 aliphatic heterocycles. The van der Waals surface area contributed by atoms with Crippen molar-refractivity contribution >= 4 is 31.5 Å². The van der Waals surface area contributed by atoms with Gasteiger partial charge in [0.05, 0.1) is 16.8 Å². The van der Waals surface area contributed by atoms with Gasteiger partial charge in [-0.1, -0.05) is 152 Å². The van der Waals surface area contributed by atoms with Gasteiger partial charge in [0.25, 0.3) is 0 Å². The highest BCUT2D eigenvalue weighted by molar-refractivity contribution is 7.25. The standard InChI is InChI=1S/C52H33N3S/c1-3-13-39(14-4-1)52(40-15-5-2-6-16-40)45-19-9-7-17-41(45)42-27-25-37(31-46(42)52)48-32-47(36-26-28-50-44(30-36)43-18-8-10-20-49(43)56-50)54-51(55-48)35-23-21-34(22-24-35)38-12-11-29-53-33-38/h1-33H. The maximum atomic E-state index is 5.35. The van der Waals surface area contributed by atoms with E-state index < -0.39 is 5.41 Å². The van der Waals surface area contributed by atoms with E-state index in [0.29, 0.717) is 5.82 Å². The van der Waals surface area contributed by atoms with Crippen molar-refractivity contribution in [1.82, 2.24) is 15.0 Å². The van der Waals surface area contributed by atoms with Gasteiger partial charge in [-0.15, -0.1) is 11.3 Å². The van der Waals surface area contributed by atoms with Crippen LogP contribution in [-0.2, 0) is 5.41 Å². The van der Waals surface area contributed by atoms with Crippen LogP contribution in [0.3, 0.4) is 0 Å². The molecule has 0 radical (unpaired) electrons.